The van der Waals surface area contributed by atoms with Gasteiger partial charge in [-0.2, -0.15) is 0 Å². The lowest BCUT2D eigenvalue weighted by molar-refractivity contribution is -0.136. The number of carbonyl (C=O) groups is 1. The number of Topliss-reactive ketones (excluding diaryl/α,β-unsaturated/α-hetero) is 1. The van der Waals surface area contributed by atoms with Crippen LogP contribution in [-0.4, -0.2) is 20.0 Å². The van der Waals surface area contributed by atoms with E-state index in [0.29, 0.717) is 0 Å². The van der Waals surface area contributed by atoms with E-state index in [1.54, 1.807) is 14.2 Å². The first-order valence-corrected chi connectivity index (χ1v) is 5.39. The highest BCUT2D eigenvalue weighted by Crippen LogP contribution is 2.58. The molecule has 2 aliphatic rings. The quantitative estimate of drug-likeness (QED) is 0.701. The Labute approximate surface area is 90.4 Å². The molecule has 3 heteroatoms. The number of methoxy groups -OCH3 is 2. The highest BCUT2D eigenvalue weighted by atomic mass is 16.5. The van der Waals surface area contributed by atoms with Crippen molar-refractivity contribution in [3.8, 4) is 0 Å². The normalized spacial score (nSPS) is 39.6. The zero-order chi connectivity index (χ0) is 11.3. The smallest absolute Gasteiger partial charge is 0.159 e. The topological polar surface area (TPSA) is 35.5 Å². The van der Waals surface area contributed by atoms with Gasteiger partial charge in [-0.1, -0.05) is 6.42 Å². The monoisotopic (exact) mass is 210 g/mol. The lowest BCUT2D eigenvalue weighted by Gasteiger charge is -2.34. The molecule has 0 aromatic rings. The zero-order valence-corrected chi connectivity index (χ0v) is 9.85. The van der Waals surface area contributed by atoms with E-state index in [4.69, 9.17) is 9.47 Å². The van der Waals surface area contributed by atoms with Crippen molar-refractivity contribution < 1.29 is 14.3 Å². The van der Waals surface area contributed by atoms with Gasteiger partial charge in [0.05, 0.1) is 25.0 Å². The fourth-order valence-electron chi connectivity index (χ4n) is 3.20. The molecule has 15 heavy (non-hydrogen) atoms. The lowest BCUT2D eigenvalue weighted by Crippen LogP contribution is -2.39. The number of ether oxygens (including phenoxy) is 2. The molecule has 0 radical (unpaired) electrons. The lowest BCUT2D eigenvalue weighted by atomic mass is 9.68. The van der Waals surface area contributed by atoms with Crippen molar-refractivity contribution >= 4 is 5.78 Å². The van der Waals surface area contributed by atoms with Gasteiger partial charge in [0, 0.05) is 0 Å². The summed E-state index contributed by atoms with van der Waals surface area (Å²) < 4.78 is 10.8. The van der Waals surface area contributed by atoms with Gasteiger partial charge in [-0.15, -0.1) is 0 Å². The Hall–Kier alpha value is -0.990. The van der Waals surface area contributed by atoms with Crippen LogP contribution in [-0.2, 0) is 14.3 Å². The van der Waals surface area contributed by atoms with Gasteiger partial charge in [-0.05, 0) is 26.7 Å². The van der Waals surface area contributed by atoms with E-state index in [0.717, 1.165) is 30.8 Å². The minimum atomic E-state index is -0.451. The fourth-order valence-corrected chi connectivity index (χ4v) is 3.20. The van der Waals surface area contributed by atoms with E-state index in [2.05, 4.69) is 0 Å². The fraction of sp³-hybridized carbons (Fsp3) is 0.750. The summed E-state index contributed by atoms with van der Waals surface area (Å²) in [5.41, 5.74) is -0.903. The van der Waals surface area contributed by atoms with Gasteiger partial charge in [0.2, 0.25) is 0 Å². The van der Waals surface area contributed by atoms with Gasteiger partial charge in [0.25, 0.3) is 0 Å². The van der Waals surface area contributed by atoms with Crippen LogP contribution in [0.1, 0.15) is 33.1 Å². The summed E-state index contributed by atoms with van der Waals surface area (Å²) >= 11 is 0. The van der Waals surface area contributed by atoms with Crippen molar-refractivity contribution in [1.82, 2.24) is 0 Å². The first-order chi connectivity index (χ1) is 7.00. The highest BCUT2D eigenvalue weighted by Gasteiger charge is 2.61. The van der Waals surface area contributed by atoms with Crippen molar-refractivity contribution in [2.75, 3.05) is 14.2 Å². The van der Waals surface area contributed by atoms with Crippen LogP contribution in [0.5, 0.6) is 0 Å². The maximum atomic E-state index is 12.4. The van der Waals surface area contributed by atoms with Crippen LogP contribution in [0.4, 0.5) is 0 Å². The van der Waals surface area contributed by atoms with Gasteiger partial charge >= 0.3 is 0 Å². The van der Waals surface area contributed by atoms with Crippen molar-refractivity contribution in [2.24, 2.45) is 10.8 Å². The Kier molecular flexibility index (Phi) is 2.11. The summed E-state index contributed by atoms with van der Waals surface area (Å²) in [6.07, 6.45) is 2.80. The molecule has 0 aliphatic heterocycles. The first kappa shape index (κ1) is 10.5. The SMILES string of the molecule is COC1=C(OC)[C@]2(C)CCCC1(C)C2=O. The third-order valence-electron chi connectivity index (χ3n) is 3.97. The standard InChI is InChI=1S/C12H18O3/c1-11-6-5-7-12(2,10(11)13)9(15-4)8(11)14-3/h5-7H2,1-4H3/t11-,12?/m0/s1. The minimum Gasteiger partial charge on any atom is -0.496 e. The van der Waals surface area contributed by atoms with Crippen molar-refractivity contribution in [3.63, 3.8) is 0 Å². The van der Waals surface area contributed by atoms with Crippen LogP contribution < -0.4 is 0 Å². The molecule has 2 atom stereocenters. The van der Waals surface area contributed by atoms with Crippen LogP contribution in [0.15, 0.2) is 11.5 Å². The molecule has 3 nitrogen and oxygen atoms in total. The molecule has 0 saturated heterocycles. The highest BCUT2D eigenvalue weighted by molar-refractivity contribution is 5.98. The number of hydrogen-bond donors (Lipinski definition) is 0. The number of rotatable bonds is 2. The second-order valence-corrected chi connectivity index (χ2v) is 4.91. The predicted octanol–water partition coefficient (Wildman–Crippen LogP) is 2.27. The predicted molar refractivity (Wildman–Crippen MR) is 56.1 cm³/mol. The Morgan fingerprint density at radius 1 is 1.00 bits per heavy atom. The van der Waals surface area contributed by atoms with Gasteiger partial charge < -0.3 is 9.47 Å². The maximum Gasteiger partial charge on any atom is 0.159 e. The number of fused-ring (bicyclic) bond motifs is 2. The number of carbonyl (C=O) groups excluding carboxylic acids is 1. The summed E-state index contributed by atoms with van der Waals surface area (Å²) in [6.45, 7) is 3.94. The molecule has 1 saturated carbocycles. The van der Waals surface area contributed by atoms with Crippen molar-refractivity contribution in [2.45, 2.75) is 33.1 Å². The maximum absolute atomic E-state index is 12.4. The van der Waals surface area contributed by atoms with Crippen LogP contribution in [0.2, 0.25) is 0 Å². The Morgan fingerprint density at radius 3 is 1.73 bits per heavy atom. The van der Waals surface area contributed by atoms with Gasteiger partial charge in [-0.25, -0.2) is 0 Å². The van der Waals surface area contributed by atoms with E-state index < -0.39 is 10.8 Å². The third-order valence-corrected chi connectivity index (χ3v) is 3.97. The average Bonchev–Trinajstić information content (AvgIpc) is 2.32. The van der Waals surface area contributed by atoms with E-state index >= 15 is 0 Å². The van der Waals surface area contributed by atoms with Gasteiger partial charge in [0.15, 0.2) is 5.78 Å². The van der Waals surface area contributed by atoms with Gasteiger partial charge in [0.1, 0.15) is 11.5 Å². The molecule has 2 aliphatic carbocycles. The summed E-state index contributed by atoms with van der Waals surface area (Å²) in [5.74, 6) is 1.75. The second kappa shape index (κ2) is 3.00. The third kappa shape index (κ3) is 1.04. The van der Waals surface area contributed by atoms with Gasteiger partial charge in [-0.3, -0.25) is 4.79 Å². The molecular formula is C12H18O3. The Balaban J connectivity index is 2.60. The molecule has 1 fully saturated rings. The number of allylic oxidation sites excluding steroid dienone is 2. The van der Waals surface area contributed by atoms with E-state index in [1.807, 2.05) is 13.8 Å². The molecule has 2 rings (SSSR count). The molecule has 0 aromatic carbocycles. The molecule has 0 aromatic heterocycles. The summed E-state index contributed by atoms with van der Waals surface area (Å²) in [7, 11) is 3.24. The summed E-state index contributed by atoms with van der Waals surface area (Å²) in [4.78, 5) is 12.4. The van der Waals surface area contributed by atoms with E-state index in [1.165, 1.54) is 0 Å². The zero-order valence-electron chi connectivity index (χ0n) is 9.85. The molecule has 2 bridgehead atoms. The molecule has 0 spiro atoms. The number of ketones is 1. The van der Waals surface area contributed by atoms with Crippen LogP contribution in [0.25, 0.3) is 0 Å². The van der Waals surface area contributed by atoms with Crippen LogP contribution >= 0.6 is 0 Å². The van der Waals surface area contributed by atoms with E-state index in [-0.39, 0.29) is 5.78 Å². The molecular weight excluding hydrogens is 192 g/mol. The Morgan fingerprint density at radius 2 is 1.40 bits per heavy atom. The van der Waals surface area contributed by atoms with Crippen molar-refractivity contribution in [3.05, 3.63) is 11.5 Å². The largest absolute Gasteiger partial charge is 0.496 e. The summed E-state index contributed by atoms with van der Waals surface area (Å²) in [6, 6.07) is 0. The Bertz CT molecular complexity index is 315. The first-order valence-electron chi connectivity index (χ1n) is 5.39. The van der Waals surface area contributed by atoms with Crippen molar-refractivity contribution in [1.29, 1.82) is 0 Å². The minimum absolute atomic E-state index is 0.259. The summed E-state index contributed by atoms with van der Waals surface area (Å²) in [5, 5.41) is 0. The average molecular weight is 210 g/mol. The second-order valence-electron chi connectivity index (χ2n) is 4.91. The van der Waals surface area contributed by atoms with E-state index in [9.17, 15) is 4.79 Å². The molecule has 1 unspecified atom stereocenters. The molecule has 84 valence electrons. The number of hydrogen-bond acceptors (Lipinski definition) is 3. The molecule has 0 N–H and O–H groups in total. The molecule has 0 amide bonds. The molecule has 0 heterocycles. The van der Waals surface area contributed by atoms with Crippen LogP contribution in [0.3, 0.4) is 0 Å². The van der Waals surface area contributed by atoms with Crippen LogP contribution in [0, 0.1) is 10.8 Å².